The van der Waals surface area contributed by atoms with Gasteiger partial charge in [-0.3, -0.25) is 5.32 Å². The normalized spacial score (nSPS) is 29.7. The highest BCUT2D eigenvalue weighted by Gasteiger charge is 2.30. The Hall–Kier alpha value is 0.310. The summed E-state index contributed by atoms with van der Waals surface area (Å²) in [6, 6.07) is 0. The van der Waals surface area contributed by atoms with Crippen molar-refractivity contribution >= 4 is 11.8 Å². The quantitative estimate of drug-likeness (QED) is 0.688. The molecule has 0 amide bonds. The highest BCUT2D eigenvalue weighted by atomic mass is 32.2. The summed E-state index contributed by atoms with van der Waals surface area (Å²) in [5.74, 6) is 2.07. The molecule has 66 valence electrons. The molecule has 1 nitrogen and oxygen atoms in total. The van der Waals surface area contributed by atoms with Gasteiger partial charge in [0.25, 0.3) is 0 Å². The molecule has 1 rings (SSSR count). The van der Waals surface area contributed by atoms with E-state index < -0.39 is 0 Å². The van der Waals surface area contributed by atoms with Crippen LogP contribution < -0.4 is 5.32 Å². The number of thioether (sulfide) groups is 1. The number of rotatable bonds is 2. The molecule has 11 heavy (non-hydrogen) atoms. The minimum Gasteiger partial charge on any atom is -0.299 e. The van der Waals surface area contributed by atoms with Crippen LogP contribution in [0.15, 0.2) is 0 Å². The van der Waals surface area contributed by atoms with Gasteiger partial charge in [-0.1, -0.05) is 13.8 Å². The molecule has 0 aromatic carbocycles. The van der Waals surface area contributed by atoms with Crippen molar-refractivity contribution in [3.8, 4) is 0 Å². The van der Waals surface area contributed by atoms with Crippen molar-refractivity contribution in [2.45, 2.75) is 45.0 Å². The zero-order valence-corrected chi connectivity index (χ0v) is 8.79. The van der Waals surface area contributed by atoms with Crippen LogP contribution in [0, 0.1) is 5.92 Å². The van der Waals surface area contributed by atoms with Crippen LogP contribution >= 0.6 is 11.8 Å². The first kappa shape index (κ1) is 9.40. The lowest BCUT2D eigenvalue weighted by atomic mass is 10.1. The molecule has 1 saturated heterocycles. The third kappa shape index (κ3) is 3.04. The molecule has 0 aliphatic carbocycles. The average molecular weight is 173 g/mol. The predicted octanol–water partition coefficient (Wildman–Crippen LogP) is 2.47. The van der Waals surface area contributed by atoms with Gasteiger partial charge in [0, 0.05) is 11.3 Å². The minimum atomic E-state index is 0.365. The van der Waals surface area contributed by atoms with Gasteiger partial charge in [0.2, 0.25) is 0 Å². The molecule has 1 fully saturated rings. The number of hydrogen-bond donors (Lipinski definition) is 1. The molecule has 1 unspecified atom stereocenters. The van der Waals surface area contributed by atoms with Gasteiger partial charge in [0.05, 0.1) is 5.37 Å². The molecule has 0 bridgehead atoms. The van der Waals surface area contributed by atoms with Gasteiger partial charge in [-0.2, -0.15) is 0 Å². The Morgan fingerprint density at radius 3 is 2.55 bits per heavy atom. The lowest BCUT2D eigenvalue weighted by Gasteiger charge is -2.19. The van der Waals surface area contributed by atoms with Gasteiger partial charge in [0.15, 0.2) is 0 Å². The average Bonchev–Trinajstić information content (AvgIpc) is 2.08. The van der Waals surface area contributed by atoms with Crippen molar-refractivity contribution in [2.24, 2.45) is 5.92 Å². The molecule has 0 radical (unpaired) electrons. The van der Waals surface area contributed by atoms with E-state index in [9.17, 15) is 0 Å². The van der Waals surface area contributed by atoms with Gasteiger partial charge >= 0.3 is 0 Å². The van der Waals surface area contributed by atoms with E-state index in [-0.39, 0.29) is 0 Å². The maximum atomic E-state index is 3.62. The largest absolute Gasteiger partial charge is 0.299 e. The third-order valence-electron chi connectivity index (χ3n) is 1.88. The van der Waals surface area contributed by atoms with Gasteiger partial charge in [-0.15, -0.1) is 11.8 Å². The second-order valence-corrected chi connectivity index (χ2v) is 5.65. The fraction of sp³-hybridized carbons (Fsp3) is 1.00. The lowest BCUT2D eigenvalue weighted by Crippen LogP contribution is -2.39. The Morgan fingerprint density at radius 1 is 1.55 bits per heavy atom. The summed E-state index contributed by atoms with van der Waals surface area (Å²) in [7, 11) is 0. The Labute approximate surface area is 74.3 Å². The fourth-order valence-electron chi connectivity index (χ4n) is 1.38. The molecular formula is C9H19NS. The zero-order valence-electron chi connectivity index (χ0n) is 7.98. The van der Waals surface area contributed by atoms with E-state index in [1.807, 2.05) is 0 Å². The Kier molecular flexibility index (Phi) is 2.87. The Balaban J connectivity index is 2.31. The van der Waals surface area contributed by atoms with E-state index in [2.05, 4.69) is 44.8 Å². The van der Waals surface area contributed by atoms with E-state index in [0.717, 1.165) is 5.92 Å². The molecule has 1 aliphatic heterocycles. The van der Waals surface area contributed by atoms with Crippen molar-refractivity contribution < 1.29 is 0 Å². The standard InChI is InChI=1S/C9H19NS/c1-7(2)5-8-10-9(3,4)6-11-8/h7-8,10H,5-6H2,1-4H3. The van der Waals surface area contributed by atoms with Gasteiger partial charge in [-0.05, 0) is 26.2 Å². The number of nitrogens with one attached hydrogen (secondary N) is 1. The summed E-state index contributed by atoms with van der Waals surface area (Å²) >= 11 is 2.07. The van der Waals surface area contributed by atoms with Crippen LogP contribution in [0.4, 0.5) is 0 Å². The smallest absolute Gasteiger partial charge is 0.0539 e. The Bertz CT molecular complexity index is 132. The monoisotopic (exact) mass is 173 g/mol. The van der Waals surface area contributed by atoms with E-state index in [1.54, 1.807) is 0 Å². The third-order valence-corrected chi connectivity index (χ3v) is 3.48. The molecule has 0 aromatic rings. The van der Waals surface area contributed by atoms with Crippen LogP contribution in [0.3, 0.4) is 0 Å². The van der Waals surface area contributed by atoms with Gasteiger partial charge < -0.3 is 0 Å². The van der Waals surface area contributed by atoms with Crippen molar-refractivity contribution in [3.05, 3.63) is 0 Å². The molecule has 1 atom stereocenters. The first-order valence-electron chi connectivity index (χ1n) is 4.39. The molecule has 1 N–H and O–H groups in total. The number of hydrogen-bond acceptors (Lipinski definition) is 2. The summed E-state index contributed by atoms with van der Waals surface area (Å²) < 4.78 is 0. The molecule has 2 heteroatoms. The molecule has 1 heterocycles. The summed E-state index contributed by atoms with van der Waals surface area (Å²) in [4.78, 5) is 0. The van der Waals surface area contributed by atoms with Gasteiger partial charge in [-0.25, -0.2) is 0 Å². The Morgan fingerprint density at radius 2 is 2.18 bits per heavy atom. The molecule has 1 aliphatic rings. The maximum absolute atomic E-state index is 3.62. The summed E-state index contributed by atoms with van der Waals surface area (Å²) in [6.45, 7) is 9.13. The second-order valence-electron chi connectivity index (χ2n) is 4.46. The van der Waals surface area contributed by atoms with E-state index in [0.29, 0.717) is 10.9 Å². The van der Waals surface area contributed by atoms with Crippen molar-refractivity contribution in [1.82, 2.24) is 5.32 Å². The highest BCUT2D eigenvalue weighted by Crippen LogP contribution is 2.29. The van der Waals surface area contributed by atoms with Crippen LogP contribution in [0.5, 0.6) is 0 Å². The van der Waals surface area contributed by atoms with Crippen LogP contribution in [-0.4, -0.2) is 16.7 Å². The lowest BCUT2D eigenvalue weighted by molar-refractivity contribution is 0.412. The van der Waals surface area contributed by atoms with Gasteiger partial charge in [0.1, 0.15) is 0 Å². The summed E-state index contributed by atoms with van der Waals surface area (Å²) in [6.07, 6.45) is 1.30. The fourth-order valence-corrected chi connectivity index (χ4v) is 3.01. The van der Waals surface area contributed by atoms with Crippen molar-refractivity contribution in [2.75, 3.05) is 5.75 Å². The SMILES string of the molecule is CC(C)CC1NC(C)(C)CS1. The molecule has 0 spiro atoms. The second kappa shape index (κ2) is 3.36. The highest BCUT2D eigenvalue weighted by molar-refractivity contribution is 8.00. The van der Waals surface area contributed by atoms with E-state index in [1.165, 1.54) is 12.2 Å². The van der Waals surface area contributed by atoms with E-state index in [4.69, 9.17) is 0 Å². The summed E-state index contributed by atoms with van der Waals surface area (Å²) in [5, 5.41) is 4.32. The molecular weight excluding hydrogens is 154 g/mol. The van der Waals surface area contributed by atoms with Crippen molar-refractivity contribution in [3.63, 3.8) is 0 Å². The topological polar surface area (TPSA) is 12.0 Å². The van der Waals surface area contributed by atoms with E-state index >= 15 is 0 Å². The van der Waals surface area contributed by atoms with Crippen LogP contribution in [0.1, 0.15) is 34.1 Å². The van der Waals surface area contributed by atoms with Crippen LogP contribution in [0.2, 0.25) is 0 Å². The molecule has 0 aromatic heterocycles. The predicted molar refractivity (Wildman–Crippen MR) is 52.9 cm³/mol. The van der Waals surface area contributed by atoms with Crippen LogP contribution in [0.25, 0.3) is 0 Å². The zero-order chi connectivity index (χ0) is 8.48. The first-order chi connectivity index (χ1) is 4.99. The minimum absolute atomic E-state index is 0.365. The van der Waals surface area contributed by atoms with Crippen LogP contribution in [-0.2, 0) is 0 Å². The van der Waals surface area contributed by atoms with Crippen molar-refractivity contribution in [1.29, 1.82) is 0 Å². The molecule has 0 saturated carbocycles. The summed E-state index contributed by atoms with van der Waals surface area (Å²) in [5.41, 5.74) is 0.365. The maximum Gasteiger partial charge on any atom is 0.0539 e. The first-order valence-corrected chi connectivity index (χ1v) is 5.44.